The molecule has 0 spiro atoms. The largest absolute Gasteiger partial charge is 0.465 e. The van der Waals surface area contributed by atoms with Crippen LogP contribution in [0.15, 0.2) is 42.5 Å². The third kappa shape index (κ3) is 5.44. The van der Waals surface area contributed by atoms with Crippen LogP contribution in [0.4, 0.5) is 0 Å². The molecule has 4 rings (SSSR count). The topological polar surface area (TPSA) is 81.6 Å². The number of hydrogen-bond donors (Lipinski definition) is 0. The fourth-order valence-corrected chi connectivity index (χ4v) is 4.71. The van der Waals surface area contributed by atoms with E-state index in [2.05, 4.69) is 31.0 Å². The molecule has 1 amide bonds. The van der Waals surface area contributed by atoms with Gasteiger partial charge in [0.25, 0.3) is 0 Å². The molecular formula is C26H29N3O4S. The second kappa shape index (κ2) is 10.3. The fourth-order valence-electron chi connectivity index (χ4n) is 3.86. The number of amides is 1. The molecule has 0 saturated carbocycles. The molecule has 34 heavy (non-hydrogen) atoms. The van der Waals surface area contributed by atoms with Crippen LogP contribution >= 0.6 is 11.3 Å². The van der Waals surface area contributed by atoms with Crippen LogP contribution in [0, 0.1) is 5.92 Å². The second-order valence-electron chi connectivity index (χ2n) is 8.96. The third-order valence-electron chi connectivity index (χ3n) is 5.85. The molecule has 1 saturated heterocycles. The first-order valence-electron chi connectivity index (χ1n) is 11.4. The van der Waals surface area contributed by atoms with Gasteiger partial charge >= 0.3 is 5.97 Å². The summed E-state index contributed by atoms with van der Waals surface area (Å²) in [6.07, 6.45) is 1.47. The Morgan fingerprint density at radius 1 is 1.18 bits per heavy atom. The number of carbonyl (C=O) groups is 2. The first kappa shape index (κ1) is 23.9. The van der Waals surface area contributed by atoms with Gasteiger partial charge in [-0.3, -0.25) is 4.79 Å². The van der Waals surface area contributed by atoms with E-state index in [0.717, 1.165) is 27.6 Å². The number of aromatic nitrogens is 2. The smallest absolute Gasteiger partial charge is 0.337 e. The van der Waals surface area contributed by atoms with Gasteiger partial charge in [-0.05, 0) is 48.7 Å². The molecule has 8 heteroatoms. The summed E-state index contributed by atoms with van der Waals surface area (Å²) in [5, 5.41) is 10.4. The molecule has 1 aliphatic heterocycles. The van der Waals surface area contributed by atoms with E-state index in [1.165, 1.54) is 7.11 Å². The fraction of sp³-hybridized carbons (Fsp3) is 0.385. The summed E-state index contributed by atoms with van der Waals surface area (Å²) >= 11 is 1.58. The minimum atomic E-state index is -0.438. The first-order chi connectivity index (χ1) is 16.3. The molecule has 0 bridgehead atoms. The van der Waals surface area contributed by atoms with Crippen molar-refractivity contribution in [1.82, 2.24) is 15.1 Å². The van der Waals surface area contributed by atoms with Crippen molar-refractivity contribution in [3.05, 3.63) is 58.6 Å². The molecule has 7 nitrogen and oxygen atoms in total. The van der Waals surface area contributed by atoms with Gasteiger partial charge in [-0.25, -0.2) is 4.79 Å². The van der Waals surface area contributed by atoms with Crippen molar-refractivity contribution < 1.29 is 19.1 Å². The summed E-state index contributed by atoms with van der Waals surface area (Å²) in [6.45, 7) is 7.49. The lowest BCUT2D eigenvalue weighted by Gasteiger charge is -2.31. The Morgan fingerprint density at radius 3 is 2.62 bits per heavy atom. The van der Waals surface area contributed by atoms with Gasteiger partial charge in [-0.2, -0.15) is 0 Å². The summed E-state index contributed by atoms with van der Waals surface area (Å²) in [4.78, 5) is 26.4. The molecule has 3 aromatic rings. The van der Waals surface area contributed by atoms with Crippen LogP contribution in [0.2, 0.25) is 0 Å². The van der Waals surface area contributed by atoms with E-state index in [9.17, 15) is 9.59 Å². The maximum atomic E-state index is 12.5. The number of likely N-dealkylation sites (tertiary alicyclic amines) is 1. The number of piperidine rings is 1. The number of hydrogen-bond acceptors (Lipinski definition) is 7. The number of carbonyl (C=O) groups excluding carboxylic acids is 2. The summed E-state index contributed by atoms with van der Waals surface area (Å²) in [5.41, 5.74) is 2.20. The van der Waals surface area contributed by atoms with Crippen molar-refractivity contribution in [3.63, 3.8) is 0 Å². The van der Waals surface area contributed by atoms with Gasteiger partial charge in [0.2, 0.25) is 5.91 Å². The van der Waals surface area contributed by atoms with Crippen LogP contribution in [-0.4, -0.2) is 40.6 Å². The summed E-state index contributed by atoms with van der Waals surface area (Å²) in [5.74, 6) is 1.65. The van der Waals surface area contributed by atoms with Crippen LogP contribution in [-0.2, 0) is 16.1 Å². The van der Waals surface area contributed by atoms with Gasteiger partial charge in [0.05, 0.1) is 12.7 Å². The second-order valence-corrected chi connectivity index (χ2v) is 9.97. The Bertz CT molecular complexity index is 1170. The molecular weight excluding hydrogens is 450 g/mol. The lowest BCUT2D eigenvalue weighted by atomic mass is 9.99. The minimum Gasteiger partial charge on any atom is -0.465 e. The minimum absolute atomic E-state index is 0.142. The normalized spacial score (nSPS) is 16.1. The number of benzene rings is 2. The molecule has 1 aliphatic rings. The van der Waals surface area contributed by atoms with Gasteiger partial charge in [0.15, 0.2) is 0 Å². The molecule has 1 fully saturated rings. The lowest BCUT2D eigenvalue weighted by molar-refractivity contribution is -0.135. The van der Waals surface area contributed by atoms with Crippen molar-refractivity contribution in [3.8, 4) is 22.1 Å². The number of nitrogens with zero attached hydrogens (tertiary/aromatic N) is 3. The number of ether oxygens (including phenoxy) is 2. The zero-order valence-corrected chi connectivity index (χ0v) is 20.7. The molecule has 0 aliphatic carbocycles. The van der Waals surface area contributed by atoms with Crippen LogP contribution < -0.4 is 4.74 Å². The van der Waals surface area contributed by atoms with Gasteiger partial charge in [0.1, 0.15) is 21.5 Å². The number of methoxy groups -OCH3 is 1. The van der Waals surface area contributed by atoms with Crippen molar-refractivity contribution in [2.45, 2.75) is 46.1 Å². The van der Waals surface area contributed by atoms with Gasteiger partial charge in [-0.15, -0.1) is 10.2 Å². The molecule has 1 aromatic heterocycles. The average molecular weight is 480 g/mol. The predicted molar refractivity (Wildman–Crippen MR) is 131 cm³/mol. The highest BCUT2D eigenvalue weighted by Gasteiger charge is 2.24. The Kier molecular flexibility index (Phi) is 7.26. The number of esters is 1. The van der Waals surface area contributed by atoms with Gasteiger partial charge < -0.3 is 14.4 Å². The molecule has 1 unspecified atom stereocenters. The standard InChI is InChI=1S/C26H29N3O4S/c1-16(2)24-27-28-25(34-24)18-8-10-21(11-9-18)33-22-13-19(26(31)32-4)6-7-20(22)15-29-14-17(3)5-12-23(29)30/h6-11,13,16-17H,5,12,14-15H2,1-4H3. The SMILES string of the molecule is COC(=O)c1ccc(CN2CC(C)CCC2=O)c(Oc2ccc(-c3nnc(C(C)C)s3)cc2)c1. The zero-order chi connectivity index (χ0) is 24.2. The zero-order valence-electron chi connectivity index (χ0n) is 19.9. The Balaban J connectivity index is 1.58. The molecule has 2 heterocycles. The summed E-state index contributed by atoms with van der Waals surface area (Å²) < 4.78 is 11.1. The van der Waals surface area contributed by atoms with E-state index in [0.29, 0.717) is 48.4 Å². The van der Waals surface area contributed by atoms with E-state index in [4.69, 9.17) is 9.47 Å². The van der Waals surface area contributed by atoms with Crippen molar-refractivity contribution in [2.75, 3.05) is 13.7 Å². The Morgan fingerprint density at radius 2 is 1.94 bits per heavy atom. The van der Waals surface area contributed by atoms with E-state index >= 15 is 0 Å². The van der Waals surface area contributed by atoms with Gasteiger partial charge in [-0.1, -0.05) is 38.2 Å². The third-order valence-corrected chi connectivity index (χ3v) is 7.12. The van der Waals surface area contributed by atoms with Crippen molar-refractivity contribution in [2.24, 2.45) is 5.92 Å². The highest BCUT2D eigenvalue weighted by Crippen LogP contribution is 2.32. The highest BCUT2D eigenvalue weighted by atomic mass is 32.1. The van der Waals surface area contributed by atoms with Crippen LogP contribution in [0.1, 0.15) is 60.5 Å². The highest BCUT2D eigenvalue weighted by molar-refractivity contribution is 7.14. The van der Waals surface area contributed by atoms with Crippen LogP contribution in [0.3, 0.4) is 0 Å². The predicted octanol–water partition coefficient (Wildman–Crippen LogP) is 5.67. The van der Waals surface area contributed by atoms with Crippen LogP contribution in [0.25, 0.3) is 10.6 Å². The summed E-state index contributed by atoms with van der Waals surface area (Å²) in [6, 6.07) is 12.8. The monoisotopic (exact) mass is 479 g/mol. The van der Waals surface area contributed by atoms with E-state index in [-0.39, 0.29) is 5.91 Å². The molecule has 0 N–H and O–H groups in total. The summed E-state index contributed by atoms with van der Waals surface area (Å²) in [7, 11) is 1.35. The average Bonchev–Trinajstić information content (AvgIpc) is 3.33. The molecule has 0 radical (unpaired) electrons. The van der Waals surface area contributed by atoms with Crippen molar-refractivity contribution >= 4 is 23.2 Å². The molecule has 2 aromatic carbocycles. The van der Waals surface area contributed by atoms with E-state index in [1.54, 1.807) is 23.5 Å². The lowest BCUT2D eigenvalue weighted by Crippen LogP contribution is -2.38. The molecule has 1 atom stereocenters. The first-order valence-corrected chi connectivity index (χ1v) is 12.3. The van der Waals surface area contributed by atoms with Crippen molar-refractivity contribution in [1.29, 1.82) is 0 Å². The Labute approximate surface area is 203 Å². The van der Waals surface area contributed by atoms with Gasteiger partial charge in [0, 0.05) is 36.6 Å². The number of rotatable bonds is 7. The maximum Gasteiger partial charge on any atom is 0.337 e. The van der Waals surface area contributed by atoms with E-state index < -0.39 is 5.97 Å². The van der Waals surface area contributed by atoms with Crippen LogP contribution in [0.5, 0.6) is 11.5 Å². The maximum absolute atomic E-state index is 12.5. The Hall–Kier alpha value is -3.26. The molecule has 178 valence electrons. The quantitative estimate of drug-likeness (QED) is 0.406. The van der Waals surface area contributed by atoms with E-state index in [1.807, 2.05) is 35.2 Å².